The van der Waals surface area contributed by atoms with Gasteiger partial charge in [-0.1, -0.05) is 44.9 Å². The van der Waals surface area contributed by atoms with E-state index in [0.29, 0.717) is 17.3 Å². The molecule has 116 valence electrons. The topological polar surface area (TPSA) is 17.1 Å². The van der Waals surface area contributed by atoms with Crippen LogP contribution in [0.4, 0.5) is 0 Å². The van der Waals surface area contributed by atoms with Crippen molar-refractivity contribution in [2.45, 2.75) is 65.7 Å². The molecule has 1 heteroatoms. The van der Waals surface area contributed by atoms with E-state index in [1.54, 1.807) is 5.57 Å². The molecule has 0 heterocycles. The molecule has 3 aliphatic rings. The van der Waals surface area contributed by atoms with Gasteiger partial charge in [-0.25, -0.2) is 0 Å². The number of rotatable bonds is 2. The van der Waals surface area contributed by atoms with Crippen LogP contribution in [-0.4, -0.2) is 6.29 Å². The highest BCUT2D eigenvalue weighted by molar-refractivity contribution is 5.60. The molecule has 0 spiro atoms. The van der Waals surface area contributed by atoms with E-state index in [0.717, 1.165) is 12.8 Å². The molecule has 5 atom stereocenters. The maximum atomic E-state index is 11.8. The predicted octanol–water partition coefficient (Wildman–Crippen LogP) is 5.32. The standard InChI is InChI=1S/C20H30O/c1-5-18(2)12-9-16-15(13-18)7-8-17-19(3,14-21)10-6-11-20(16,17)4/h5,7,14,16-17H,1,6,8-13H2,2-4H3/t16?,17?,18?,19-,20+/m0/s1. The average molecular weight is 286 g/mol. The van der Waals surface area contributed by atoms with Gasteiger partial charge in [-0.15, -0.1) is 6.58 Å². The molecule has 3 rings (SSSR count). The van der Waals surface area contributed by atoms with Crippen LogP contribution in [0.15, 0.2) is 24.3 Å². The van der Waals surface area contributed by atoms with Crippen LogP contribution in [0, 0.1) is 28.1 Å². The van der Waals surface area contributed by atoms with E-state index < -0.39 is 0 Å². The number of hydrogen-bond acceptors (Lipinski definition) is 1. The molecular weight excluding hydrogens is 256 g/mol. The molecule has 2 saturated carbocycles. The van der Waals surface area contributed by atoms with Crippen LogP contribution < -0.4 is 0 Å². The lowest BCUT2D eigenvalue weighted by Crippen LogP contribution is -2.51. The molecular formula is C20H30O. The summed E-state index contributed by atoms with van der Waals surface area (Å²) in [5.41, 5.74) is 2.18. The highest BCUT2D eigenvalue weighted by atomic mass is 16.1. The number of hydrogen-bond donors (Lipinski definition) is 0. The molecule has 3 unspecified atom stereocenters. The number of carbonyl (C=O) groups is 1. The highest BCUT2D eigenvalue weighted by Gasteiger charge is 2.55. The first-order chi connectivity index (χ1) is 9.87. The van der Waals surface area contributed by atoms with E-state index in [4.69, 9.17) is 0 Å². The third-order valence-electron chi connectivity index (χ3n) is 7.26. The summed E-state index contributed by atoms with van der Waals surface area (Å²) in [6.07, 6.45) is 14.3. The van der Waals surface area contributed by atoms with Crippen LogP contribution in [0.2, 0.25) is 0 Å². The summed E-state index contributed by atoms with van der Waals surface area (Å²) in [5.74, 6) is 1.24. The molecule has 21 heavy (non-hydrogen) atoms. The van der Waals surface area contributed by atoms with Gasteiger partial charge in [0.1, 0.15) is 6.29 Å². The van der Waals surface area contributed by atoms with Gasteiger partial charge in [-0.2, -0.15) is 0 Å². The molecule has 0 N–H and O–H groups in total. The fraction of sp³-hybridized carbons (Fsp3) is 0.750. The van der Waals surface area contributed by atoms with Crippen molar-refractivity contribution in [3.05, 3.63) is 24.3 Å². The second kappa shape index (κ2) is 4.83. The smallest absolute Gasteiger partial charge is 0.126 e. The lowest BCUT2D eigenvalue weighted by Gasteiger charge is -2.58. The van der Waals surface area contributed by atoms with E-state index in [1.807, 2.05) is 0 Å². The van der Waals surface area contributed by atoms with Crippen molar-refractivity contribution in [2.75, 3.05) is 0 Å². The summed E-state index contributed by atoms with van der Waals surface area (Å²) in [7, 11) is 0. The van der Waals surface area contributed by atoms with E-state index >= 15 is 0 Å². The Balaban J connectivity index is 1.96. The maximum absolute atomic E-state index is 11.8. The molecule has 0 aromatic heterocycles. The van der Waals surface area contributed by atoms with Crippen LogP contribution >= 0.6 is 0 Å². The first-order valence-corrected chi connectivity index (χ1v) is 8.66. The summed E-state index contributed by atoms with van der Waals surface area (Å²) < 4.78 is 0. The Bertz CT molecular complexity index is 490. The van der Waals surface area contributed by atoms with Gasteiger partial charge in [0.25, 0.3) is 0 Å². The molecule has 0 amide bonds. The average Bonchev–Trinajstić information content (AvgIpc) is 2.46. The lowest BCUT2D eigenvalue weighted by atomic mass is 9.46. The minimum atomic E-state index is -0.103. The number of carbonyl (C=O) groups excluding carboxylic acids is 1. The third kappa shape index (κ3) is 2.15. The van der Waals surface area contributed by atoms with Crippen LogP contribution in [0.5, 0.6) is 0 Å². The highest BCUT2D eigenvalue weighted by Crippen LogP contribution is 2.63. The minimum absolute atomic E-state index is 0.103. The van der Waals surface area contributed by atoms with Crippen molar-refractivity contribution in [1.29, 1.82) is 0 Å². The number of fused-ring (bicyclic) bond motifs is 3. The Morgan fingerprint density at radius 2 is 2.00 bits per heavy atom. The first-order valence-electron chi connectivity index (χ1n) is 8.66. The monoisotopic (exact) mass is 286 g/mol. The Labute approximate surface area is 129 Å². The Kier molecular flexibility index (Phi) is 3.46. The van der Waals surface area contributed by atoms with Crippen molar-refractivity contribution in [3.8, 4) is 0 Å². The first kappa shape index (κ1) is 15.1. The third-order valence-corrected chi connectivity index (χ3v) is 7.26. The SMILES string of the molecule is C=CC1(C)CCC2C(=CCC3[C@]2(C)CCC[C@@]3(C)C=O)C1. The zero-order valence-electron chi connectivity index (χ0n) is 14.0. The summed E-state index contributed by atoms with van der Waals surface area (Å²) in [6, 6.07) is 0. The Morgan fingerprint density at radius 3 is 2.67 bits per heavy atom. The molecule has 0 aromatic carbocycles. The molecule has 0 bridgehead atoms. The quantitative estimate of drug-likeness (QED) is 0.496. The van der Waals surface area contributed by atoms with E-state index in [-0.39, 0.29) is 10.8 Å². The molecule has 0 aliphatic heterocycles. The van der Waals surface area contributed by atoms with Crippen LogP contribution in [-0.2, 0) is 4.79 Å². The number of aldehydes is 1. The number of allylic oxidation sites excluding steroid dienone is 3. The second-order valence-corrected chi connectivity index (χ2v) is 8.68. The molecule has 2 fully saturated rings. The summed E-state index contributed by atoms with van der Waals surface area (Å²) in [5, 5.41) is 0. The molecule has 0 radical (unpaired) electrons. The van der Waals surface area contributed by atoms with Gasteiger partial charge < -0.3 is 4.79 Å². The zero-order chi connectivity index (χ0) is 15.3. The Morgan fingerprint density at radius 1 is 1.24 bits per heavy atom. The van der Waals surface area contributed by atoms with E-state index in [9.17, 15) is 4.79 Å². The van der Waals surface area contributed by atoms with Gasteiger partial charge in [0.2, 0.25) is 0 Å². The van der Waals surface area contributed by atoms with Gasteiger partial charge in [-0.05, 0) is 61.2 Å². The fourth-order valence-corrected chi connectivity index (χ4v) is 5.80. The lowest BCUT2D eigenvalue weighted by molar-refractivity contribution is -0.129. The minimum Gasteiger partial charge on any atom is -0.303 e. The van der Waals surface area contributed by atoms with E-state index in [1.165, 1.54) is 38.4 Å². The van der Waals surface area contributed by atoms with Crippen LogP contribution in [0.25, 0.3) is 0 Å². The van der Waals surface area contributed by atoms with Gasteiger partial charge in [0, 0.05) is 5.41 Å². The second-order valence-electron chi connectivity index (χ2n) is 8.68. The van der Waals surface area contributed by atoms with Gasteiger partial charge in [-0.3, -0.25) is 0 Å². The van der Waals surface area contributed by atoms with Gasteiger partial charge >= 0.3 is 0 Å². The normalized spacial score (nSPS) is 49.6. The summed E-state index contributed by atoms with van der Waals surface area (Å²) >= 11 is 0. The Hall–Kier alpha value is -0.850. The molecule has 3 aliphatic carbocycles. The maximum Gasteiger partial charge on any atom is 0.126 e. The molecule has 0 aromatic rings. The van der Waals surface area contributed by atoms with Crippen molar-refractivity contribution >= 4 is 6.29 Å². The van der Waals surface area contributed by atoms with Crippen LogP contribution in [0.3, 0.4) is 0 Å². The largest absolute Gasteiger partial charge is 0.303 e. The zero-order valence-corrected chi connectivity index (χ0v) is 14.0. The fourth-order valence-electron chi connectivity index (χ4n) is 5.80. The van der Waals surface area contributed by atoms with Gasteiger partial charge in [0.15, 0.2) is 0 Å². The van der Waals surface area contributed by atoms with Crippen molar-refractivity contribution < 1.29 is 4.79 Å². The van der Waals surface area contributed by atoms with Crippen LogP contribution in [0.1, 0.15) is 65.7 Å². The summed E-state index contributed by atoms with van der Waals surface area (Å²) in [6.45, 7) is 11.1. The van der Waals surface area contributed by atoms with Gasteiger partial charge in [0.05, 0.1) is 0 Å². The van der Waals surface area contributed by atoms with Crippen molar-refractivity contribution in [1.82, 2.24) is 0 Å². The van der Waals surface area contributed by atoms with Crippen molar-refractivity contribution in [3.63, 3.8) is 0 Å². The summed E-state index contributed by atoms with van der Waals surface area (Å²) in [4.78, 5) is 11.8. The molecule has 0 saturated heterocycles. The molecule has 1 nitrogen and oxygen atoms in total. The van der Waals surface area contributed by atoms with Crippen molar-refractivity contribution in [2.24, 2.45) is 28.1 Å². The predicted molar refractivity (Wildman–Crippen MR) is 88.0 cm³/mol. The van der Waals surface area contributed by atoms with E-state index in [2.05, 4.69) is 39.5 Å².